The minimum Gasteiger partial charge on any atom is -0.462 e. The van der Waals surface area contributed by atoms with Gasteiger partial charge in [-0.05, 0) is 31.0 Å². The first-order valence-corrected chi connectivity index (χ1v) is 9.87. The van der Waals surface area contributed by atoms with Crippen LogP contribution < -0.4 is 16.2 Å². The lowest BCUT2D eigenvalue weighted by Gasteiger charge is -2.16. The van der Waals surface area contributed by atoms with Crippen LogP contribution in [0, 0.1) is 5.92 Å². The lowest BCUT2D eigenvalue weighted by molar-refractivity contribution is 0.0527. The van der Waals surface area contributed by atoms with Crippen molar-refractivity contribution in [3.8, 4) is 0 Å². The fourth-order valence-electron chi connectivity index (χ4n) is 3.23. The Balaban J connectivity index is 1.92. The lowest BCUT2D eigenvalue weighted by Crippen LogP contribution is -2.26. The standard InChI is InChI=1S/C23H25N3O4/c1-4-30-22(28)18-11-7-8-12-19(18)24-23(29)25-20-14-26(13-15(2)3)21(27)17-10-6-5-9-16(17)20/h5-12,14-15H,4,13H2,1-3H3,(H2,24,25,29). The largest absolute Gasteiger partial charge is 0.462 e. The van der Waals surface area contributed by atoms with E-state index in [-0.39, 0.29) is 23.6 Å². The van der Waals surface area contributed by atoms with E-state index in [0.29, 0.717) is 28.7 Å². The molecule has 0 spiro atoms. The Kier molecular flexibility index (Phi) is 6.51. The molecule has 30 heavy (non-hydrogen) atoms. The highest BCUT2D eigenvalue weighted by molar-refractivity contribution is 6.08. The molecule has 0 saturated heterocycles. The van der Waals surface area contributed by atoms with E-state index in [1.165, 1.54) is 0 Å². The first-order chi connectivity index (χ1) is 14.4. The number of para-hydroxylation sites is 1. The number of hydrogen-bond acceptors (Lipinski definition) is 4. The van der Waals surface area contributed by atoms with Gasteiger partial charge in [-0.2, -0.15) is 0 Å². The van der Waals surface area contributed by atoms with Gasteiger partial charge in [-0.3, -0.25) is 4.79 Å². The molecule has 0 bridgehead atoms. The van der Waals surface area contributed by atoms with Gasteiger partial charge in [0.1, 0.15) is 0 Å². The number of carbonyl (C=O) groups excluding carboxylic acids is 2. The second-order valence-corrected chi connectivity index (χ2v) is 7.28. The van der Waals surface area contributed by atoms with E-state index in [4.69, 9.17) is 4.74 Å². The Morgan fingerprint density at radius 3 is 2.30 bits per heavy atom. The number of hydrogen-bond donors (Lipinski definition) is 2. The highest BCUT2D eigenvalue weighted by atomic mass is 16.5. The molecular weight excluding hydrogens is 382 g/mol. The molecule has 2 aromatic carbocycles. The summed E-state index contributed by atoms with van der Waals surface area (Å²) in [6, 6.07) is 13.3. The number of fused-ring (bicyclic) bond motifs is 1. The third kappa shape index (κ3) is 4.68. The predicted octanol–water partition coefficient (Wildman–Crippen LogP) is 4.48. The molecule has 0 atom stereocenters. The van der Waals surface area contributed by atoms with E-state index in [1.807, 2.05) is 19.9 Å². The maximum Gasteiger partial charge on any atom is 0.340 e. The highest BCUT2D eigenvalue weighted by Crippen LogP contribution is 2.22. The summed E-state index contributed by atoms with van der Waals surface area (Å²) in [5, 5.41) is 6.69. The van der Waals surface area contributed by atoms with Crippen molar-refractivity contribution in [1.82, 2.24) is 4.57 Å². The van der Waals surface area contributed by atoms with Gasteiger partial charge in [-0.25, -0.2) is 9.59 Å². The number of nitrogens with zero attached hydrogens (tertiary/aromatic N) is 1. The number of pyridine rings is 1. The molecule has 0 aliphatic heterocycles. The summed E-state index contributed by atoms with van der Waals surface area (Å²) in [7, 11) is 0. The summed E-state index contributed by atoms with van der Waals surface area (Å²) in [6.45, 7) is 6.54. The SMILES string of the molecule is CCOC(=O)c1ccccc1NC(=O)Nc1cn(CC(C)C)c(=O)c2ccccc12. The van der Waals surface area contributed by atoms with Gasteiger partial charge in [0.05, 0.1) is 23.5 Å². The van der Waals surface area contributed by atoms with Crippen molar-refractivity contribution in [1.29, 1.82) is 0 Å². The Morgan fingerprint density at radius 2 is 1.60 bits per heavy atom. The summed E-state index contributed by atoms with van der Waals surface area (Å²) in [5.41, 5.74) is 1.02. The van der Waals surface area contributed by atoms with Gasteiger partial charge in [-0.15, -0.1) is 0 Å². The van der Waals surface area contributed by atoms with Crippen molar-refractivity contribution in [2.24, 2.45) is 5.92 Å². The third-order valence-corrected chi connectivity index (χ3v) is 4.47. The van der Waals surface area contributed by atoms with Crippen LogP contribution in [0.15, 0.2) is 59.5 Å². The molecule has 0 radical (unpaired) electrons. The van der Waals surface area contributed by atoms with Gasteiger partial charge >= 0.3 is 12.0 Å². The fraction of sp³-hybridized carbons (Fsp3) is 0.261. The average Bonchev–Trinajstić information content (AvgIpc) is 2.71. The Bertz CT molecular complexity index is 1130. The number of anilines is 2. The van der Waals surface area contributed by atoms with Crippen LogP contribution in [0.5, 0.6) is 0 Å². The zero-order valence-electron chi connectivity index (χ0n) is 17.3. The fourth-order valence-corrected chi connectivity index (χ4v) is 3.23. The normalized spacial score (nSPS) is 10.8. The van der Waals surface area contributed by atoms with E-state index >= 15 is 0 Å². The zero-order valence-corrected chi connectivity index (χ0v) is 17.3. The summed E-state index contributed by atoms with van der Waals surface area (Å²) in [5.74, 6) is -0.244. The van der Waals surface area contributed by atoms with Crippen LogP contribution in [0.3, 0.4) is 0 Å². The number of esters is 1. The first kappa shape index (κ1) is 21.1. The van der Waals surface area contributed by atoms with Crippen LogP contribution in [0.1, 0.15) is 31.1 Å². The van der Waals surface area contributed by atoms with Gasteiger partial charge in [0.15, 0.2) is 0 Å². The number of carbonyl (C=O) groups is 2. The van der Waals surface area contributed by atoms with Gasteiger partial charge in [0, 0.05) is 23.5 Å². The van der Waals surface area contributed by atoms with Gasteiger partial charge in [-0.1, -0.05) is 44.2 Å². The smallest absolute Gasteiger partial charge is 0.340 e. The molecule has 0 aliphatic rings. The van der Waals surface area contributed by atoms with Crippen molar-refractivity contribution < 1.29 is 14.3 Å². The molecule has 1 heterocycles. The van der Waals surface area contributed by atoms with E-state index in [1.54, 1.807) is 60.2 Å². The third-order valence-electron chi connectivity index (χ3n) is 4.47. The molecule has 0 saturated carbocycles. The minimum atomic E-state index is -0.522. The predicted molar refractivity (Wildman–Crippen MR) is 118 cm³/mol. The van der Waals surface area contributed by atoms with Crippen LogP contribution in [0.25, 0.3) is 10.8 Å². The van der Waals surface area contributed by atoms with Crippen LogP contribution in [0.4, 0.5) is 16.2 Å². The molecule has 7 heteroatoms. The van der Waals surface area contributed by atoms with Crippen molar-refractivity contribution in [2.45, 2.75) is 27.3 Å². The molecule has 2 N–H and O–H groups in total. The Morgan fingerprint density at radius 1 is 0.967 bits per heavy atom. The number of urea groups is 1. The molecule has 1 aromatic heterocycles. The summed E-state index contributed by atoms with van der Waals surface area (Å²) >= 11 is 0. The molecule has 0 aliphatic carbocycles. The number of amides is 2. The maximum absolute atomic E-state index is 12.8. The molecule has 0 unspecified atom stereocenters. The van der Waals surface area contributed by atoms with E-state index in [2.05, 4.69) is 10.6 Å². The van der Waals surface area contributed by atoms with Crippen LogP contribution in [-0.4, -0.2) is 23.2 Å². The van der Waals surface area contributed by atoms with Crippen molar-refractivity contribution in [3.63, 3.8) is 0 Å². The minimum absolute atomic E-state index is 0.0992. The van der Waals surface area contributed by atoms with Crippen molar-refractivity contribution in [3.05, 3.63) is 70.6 Å². The topological polar surface area (TPSA) is 89.4 Å². The quantitative estimate of drug-likeness (QED) is 0.590. The Labute approximate surface area is 174 Å². The van der Waals surface area contributed by atoms with Gasteiger partial charge in [0.2, 0.25) is 0 Å². The molecule has 3 rings (SSSR count). The summed E-state index contributed by atoms with van der Waals surface area (Å²) in [4.78, 5) is 37.6. The van der Waals surface area contributed by atoms with Crippen molar-refractivity contribution in [2.75, 3.05) is 17.2 Å². The molecule has 3 aromatic rings. The van der Waals surface area contributed by atoms with Gasteiger partial charge in [0.25, 0.3) is 5.56 Å². The molecule has 2 amide bonds. The number of benzene rings is 2. The maximum atomic E-state index is 12.8. The van der Waals surface area contributed by atoms with E-state index < -0.39 is 12.0 Å². The second kappa shape index (κ2) is 9.26. The number of nitrogens with one attached hydrogen (secondary N) is 2. The zero-order chi connectivity index (χ0) is 21.7. The molecule has 156 valence electrons. The molecule has 0 fully saturated rings. The summed E-state index contributed by atoms with van der Waals surface area (Å²) in [6.07, 6.45) is 1.65. The van der Waals surface area contributed by atoms with Gasteiger partial charge < -0.3 is 19.9 Å². The van der Waals surface area contributed by atoms with Crippen LogP contribution >= 0.6 is 0 Å². The van der Waals surface area contributed by atoms with E-state index in [9.17, 15) is 14.4 Å². The number of rotatable bonds is 6. The second-order valence-electron chi connectivity index (χ2n) is 7.28. The monoisotopic (exact) mass is 407 g/mol. The molecular formula is C23H25N3O4. The average molecular weight is 407 g/mol. The summed E-state index contributed by atoms with van der Waals surface area (Å²) < 4.78 is 6.65. The highest BCUT2D eigenvalue weighted by Gasteiger charge is 2.16. The molecule has 7 nitrogen and oxygen atoms in total. The lowest BCUT2D eigenvalue weighted by atomic mass is 10.1. The Hall–Kier alpha value is -3.61. The number of aromatic nitrogens is 1. The van der Waals surface area contributed by atoms with Crippen LogP contribution in [-0.2, 0) is 11.3 Å². The van der Waals surface area contributed by atoms with E-state index in [0.717, 1.165) is 0 Å². The first-order valence-electron chi connectivity index (χ1n) is 9.87. The van der Waals surface area contributed by atoms with Crippen molar-refractivity contribution >= 4 is 34.1 Å². The number of ether oxygens (including phenoxy) is 1. The van der Waals surface area contributed by atoms with Crippen LogP contribution in [0.2, 0.25) is 0 Å².